The fourth-order valence-corrected chi connectivity index (χ4v) is 5.11. The van der Waals surface area contributed by atoms with Crippen LogP contribution in [-0.4, -0.2) is 53.8 Å². The summed E-state index contributed by atoms with van der Waals surface area (Å²) in [6.45, 7) is 3.52. The quantitative estimate of drug-likeness (QED) is 0.895. The van der Waals surface area contributed by atoms with Crippen LogP contribution in [0, 0.1) is 11.3 Å². The minimum Gasteiger partial charge on any atom is -0.446 e. The summed E-state index contributed by atoms with van der Waals surface area (Å²) in [6.07, 6.45) is 8.46. The Labute approximate surface area is 148 Å². The van der Waals surface area contributed by atoms with Gasteiger partial charge in [-0.15, -0.1) is 0 Å². The summed E-state index contributed by atoms with van der Waals surface area (Å²) in [5.41, 5.74) is 2.37. The van der Waals surface area contributed by atoms with Crippen LogP contribution in [0.1, 0.15) is 26.2 Å². The summed E-state index contributed by atoms with van der Waals surface area (Å²) < 4.78 is 5.71. The second-order valence-corrected chi connectivity index (χ2v) is 7.76. The van der Waals surface area contributed by atoms with Gasteiger partial charge in [0.15, 0.2) is 0 Å². The number of anilines is 1. The van der Waals surface area contributed by atoms with Crippen LogP contribution in [-0.2, 0) is 4.74 Å². The lowest BCUT2D eigenvalue weighted by Crippen LogP contribution is -2.42. The van der Waals surface area contributed by atoms with Crippen LogP contribution in [0.2, 0.25) is 0 Å². The molecule has 2 fully saturated rings. The molecule has 3 aliphatic rings. The Morgan fingerprint density at radius 1 is 1.36 bits per heavy atom. The summed E-state index contributed by atoms with van der Waals surface area (Å²) in [5.74, 6) is 0.458. The smallest absolute Gasteiger partial charge is 0.411 e. The van der Waals surface area contributed by atoms with Crippen LogP contribution in [0.3, 0.4) is 0 Å². The molecule has 0 spiro atoms. The molecule has 6 heteroatoms. The number of nitrogens with zero attached hydrogens (tertiary/aromatic N) is 3. The van der Waals surface area contributed by atoms with Crippen molar-refractivity contribution in [3.63, 3.8) is 0 Å². The highest BCUT2D eigenvalue weighted by atomic mass is 16.6. The summed E-state index contributed by atoms with van der Waals surface area (Å²) in [4.78, 5) is 21.0. The average Bonchev–Trinajstić information content (AvgIpc) is 3.01. The maximum Gasteiger partial charge on any atom is 0.411 e. The van der Waals surface area contributed by atoms with Gasteiger partial charge in [0.25, 0.3) is 0 Å². The van der Waals surface area contributed by atoms with Gasteiger partial charge in [0.2, 0.25) is 0 Å². The predicted octanol–water partition coefficient (Wildman–Crippen LogP) is 2.91. The van der Waals surface area contributed by atoms with Gasteiger partial charge < -0.3 is 9.64 Å². The monoisotopic (exact) mass is 342 g/mol. The zero-order valence-corrected chi connectivity index (χ0v) is 15.1. The highest BCUT2D eigenvalue weighted by Crippen LogP contribution is 2.56. The number of nitrogens with one attached hydrogen (secondary N) is 1. The van der Waals surface area contributed by atoms with Crippen molar-refractivity contribution < 1.29 is 9.53 Å². The minimum atomic E-state index is -0.385. The first kappa shape index (κ1) is 16.4. The number of hydrogen-bond acceptors (Lipinski definition) is 5. The average molecular weight is 342 g/mol. The number of amides is 1. The summed E-state index contributed by atoms with van der Waals surface area (Å²) in [6, 6.07) is 3.51. The van der Waals surface area contributed by atoms with Crippen molar-refractivity contribution in [2.24, 2.45) is 11.3 Å². The Hall–Kier alpha value is -2.08. The number of pyridine rings is 1. The third-order valence-electron chi connectivity index (χ3n) is 6.23. The Balaban J connectivity index is 1.44. The molecule has 1 aromatic heterocycles. The summed E-state index contributed by atoms with van der Waals surface area (Å²) in [7, 11) is 4.41. The Morgan fingerprint density at radius 3 is 2.88 bits per heavy atom. The number of carbonyl (C=O) groups excluding carboxylic acids is 1. The van der Waals surface area contributed by atoms with E-state index in [1.54, 1.807) is 24.5 Å². The molecule has 2 aliphatic heterocycles. The number of aromatic nitrogens is 1. The van der Waals surface area contributed by atoms with E-state index in [-0.39, 0.29) is 17.6 Å². The van der Waals surface area contributed by atoms with Gasteiger partial charge in [0, 0.05) is 55.1 Å². The molecule has 0 aromatic carbocycles. The molecular formula is C19H26N4O2. The minimum absolute atomic E-state index is 0.0644. The van der Waals surface area contributed by atoms with Crippen molar-refractivity contribution in [2.45, 2.75) is 38.5 Å². The fraction of sp³-hybridized carbons (Fsp3) is 0.579. The van der Waals surface area contributed by atoms with Gasteiger partial charge in [-0.1, -0.05) is 13.0 Å². The second-order valence-electron chi connectivity index (χ2n) is 7.76. The van der Waals surface area contributed by atoms with Crippen LogP contribution >= 0.6 is 0 Å². The van der Waals surface area contributed by atoms with E-state index < -0.39 is 0 Å². The first-order valence-electron chi connectivity index (χ1n) is 9.00. The van der Waals surface area contributed by atoms with Crippen LogP contribution in [0.5, 0.6) is 0 Å². The van der Waals surface area contributed by atoms with Gasteiger partial charge in [0.05, 0.1) is 6.17 Å². The van der Waals surface area contributed by atoms with E-state index in [0.717, 1.165) is 19.4 Å². The maximum absolute atomic E-state index is 12.2. The van der Waals surface area contributed by atoms with Gasteiger partial charge in [-0.2, -0.15) is 0 Å². The lowest BCUT2D eigenvalue weighted by Gasteiger charge is -2.34. The molecule has 3 heterocycles. The van der Waals surface area contributed by atoms with Crippen molar-refractivity contribution in [2.75, 3.05) is 26.0 Å². The van der Waals surface area contributed by atoms with Crippen LogP contribution < -0.4 is 5.32 Å². The topological polar surface area (TPSA) is 57.7 Å². The molecular weight excluding hydrogens is 316 g/mol. The molecule has 134 valence electrons. The molecule has 2 saturated heterocycles. The zero-order chi connectivity index (χ0) is 17.6. The molecule has 6 nitrogen and oxygen atoms in total. The van der Waals surface area contributed by atoms with Gasteiger partial charge in [0.1, 0.15) is 6.10 Å². The highest BCUT2D eigenvalue weighted by Gasteiger charge is 2.58. The van der Waals surface area contributed by atoms with Crippen molar-refractivity contribution >= 4 is 11.8 Å². The number of fused-ring (bicyclic) bond motifs is 3. The Kier molecular flexibility index (Phi) is 3.95. The molecule has 4 rings (SSSR count). The van der Waals surface area contributed by atoms with E-state index in [2.05, 4.69) is 47.2 Å². The first-order valence-corrected chi connectivity index (χ1v) is 9.00. The van der Waals surface area contributed by atoms with Crippen LogP contribution in [0.4, 0.5) is 10.5 Å². The molecule has 1 aromatic rings. The van der Waals surface area contributed by atoms with E-state index in [4.69, 9.17) is 4.74 Å². The molecule has 4 unspecified atom stereocenters. The lowest BCUT2D eigenvalue weighted by molar-refractivity contribution is 0.0684. The first-order chi connectivity index (χ1) is 12.0. The molecule has 0 bridgehead atoms. The van der Waals surface area contributed by atoms with Crippen molar-refractivity contribution in [1.29, 1.82) is 0 Å². The number of allylic oxidation sites excluding steroid dienone is 1. The molecule has 25 heavy (non-hydrogen) atoms. The zero-order valence-electron chi connectivity index (χ0n) is 15.1. The molecule has 1 aliphatic carbocycles. The van der Waals surface area contributed by atoms with E-state index in [1.165, 1.54) is 12.1 Å². The molecule has 0 radical (unpaired) electrons. The number of ether oxygens (including phenoxy) is 1. The van der Waals surface area contributed by atoms with Gasteiger partial charge in [-0.3, -0.25) is 15.2 Å². The Morgan fingerprint density at radius 2 is 2.12 bits per heavy atom. The lowest BCUT2D eigenvalue weighted by atomic mass is 9.71. The predicted molar refractivity (Wildman–Crippen MR) is 95.8 cm³/mol. The normalized spacial score (nSPS) is 34.3. The van der Waals surface area contributed by atoms with E-state index >= 15 is 0 Å². The highest BCUT2D eigenvalue weighted by molar-refractivity contribution is 5.84. The molecule has 0 saturated carbocycles. The Bertz CT molecular complexity index is 692. The third kappa shape index (κ3) is 2.68. The SMILES string of the molecule is CN1CCC2(C)C3CC(OC(=O)Nc4ccncc4)CC=C3N(C)C12. The van der Waals surface area contributed by atoms with E-state index in [0.29, 0.717) is 17.8 Å². The number of rotatable bonds is 2. The summed E-state index contributed by atoms with van der Waals surface area (Å²) >= 11 is 0. The number of carbonyl (C=O) groups is 1. The molecule has 4 atom stereocenters. The van der Waals surface area contributed by atoms with Crippen LogP contribution in [0.15, 0.2) is 36.3 Å². The number of likely N-dealkylation sites (tertiary alicyclic amines) is 2. The van der Waals surface area contributed by atoms with Crippen molar-refractivity contribution in [3.05, 3.63) is 36.3 Å². The van der Waals surface area contributed by atoms with E-state index in [9.17, 15) is 4.79 Å². The van der Waals surface area contributed by atoms with Crippen molar-refractivity contribution in [1.82, 2.24) is 14.8 Å². The van der Waals surface area contributed by atoms with Crippen LogP contribution in [0.25, 0.3) is 0 Å². The van der Waals surface area contributed by atoms with Crippen molar-refractivity contribution in [3.8, 4) is 0 Å². The standard InChI is InChI=1S/C19H26N4O2/c1-19-8-11-22(2)17(19)23(3)16-5-4-14(12-15(16)19)25-18(24)21-13-6-9-20-10-7-13/h5-7,9-10,14-15,17H,4,8,11-12H2,1-3H3,(H,20,21,24). The van der Waals surface area contributed by atoms with Gasteiger partial charge in [-0.25, -0.2) is 4.79 Å². The molecule has 1 N–H and O–H groups in total. The fourth-order valence-electron chi connectivity index (χ4n) is 5.11. The summed E-state index contributed by atoms with van der Waals surface area (Å²) in [5, 5.41) is 2.78. The largest absolute Gasteiger partial charge is 0.446 e. The maximum atomic E-state index is 12.2. The van der Waals surface area contributed by atoms with Gasteiger partial charge >= 0.3 is 6.09 Å². The van der Waals surface area contributed by atoms with Gasteiger partial charge in [-0.05, 0) is 32.0 Å². The second kappa shape index (κ2) is 6.02. The van der Waals surface area contributed by atoms with E-state index in [1.807, 2.05) is 0 Å². The third-order valence-corrected chi connectivity index (χ3v) is 6.23. The number of hydrogen-bond donors (Lipinski definition) is 1. The molecule has 1 amide bonds.